The number of fused-ring (bicyclic) bond motifs is 1. The number of anilines is 1. The number of aromatic nitrogens is 1. The smallest absolute Gasteiger partial charge is 0.0553 e. The van der Waals surface area contributed by atoms with Crippen LogP contribution in [-0.2, 0) is 0 Å². The number of nitrogens with zero attached hydrogens (tertiary/aromatic N) is 2. The van der Waals surface area contributed by atoms with E-state index in [0.29, 0.717) is 0 Å². The molecule has 3 nitrogen and oxygen atoms in total. The van der Waals surface area contributed by atoms with Gasteiger partial charge in [-0.15, -0.1) is 0 Å². The molecule has 0 aliphatic carbocycles. The van der Waals surface area contributed by atoms with Gasteiger partial charge in [-0.3, -0.25) is 4.98 Å². The Balaban J connectivity index is 1.71. The minimum atomic E-state index is 0.881. The summed E-state index contributed by atoms with van der Waals surface area (Å²) in [5, 5.41) is 3.52. The molecule has 0 unspecified atom stereocenters. The zero-order valence-corrected chi connectivity index (χ0v) is 10.5. The minimum absolute atomic E-state index is 0.881. The van der Waals surface area contributed by atoms with Gasteiger partial charge in [-0.05, 0) is 56.8 Å². The Kier molecular flexibility index (Phi) is 3.02. The molecule has 2 saturated heterocycles. The minimum Gasteiger partial charge on any atom is -0.370 e. The van der Waals surface area contributed by atoms with Gasteiger partial charge in [-0.2, -0.15) is 0 Å². The molecule has 0 saturated carbocycles. The molecule has 0 amide bonds. The van der Waals surface area contributed by atoms with Gasteiger partial charge in [0.25, 0.3) is 0 Å². The van der Waals surface area contributed by atoms with Crippen LogP contribution in [-0.4, -0.2) is 31.2 Å². The average molecular weight is 231 g/mol. The maximum Gasteiger partial charge on any atom is 0.0553 e. The van der Waals surface area contributed by atoms with Crippen LogP contribution >= 0.6 is 0 Å². The maximum atomic E-state index is 4.40. The van der Waals surface area contributed by atoms with Crippen LogP contribution in [0.5, 0.6) is 0 Å². The predicted molar refractivity (Wildman–Crippen MR) is 70.3 cm³/mol. The molecule has 2 aliphatic rings. The van der Waals surface area contributed by atoms with Crippen molar-refractivity contribution in [2.24, 2.45) is 11.8 Å². The first-order valence-electron chi connectivity index (χ1n) is 6.71. The summed E-state index contributed by atoms with van der Waals surface area (Å²) in [7, 11) is 0. The van der Waals surface area contributed by atoms with E-state index in [4.69, 9.17) is 0 Å². The Labute approximate surface area is 103 Å². The number of piperidine rings is 2. The van der Waals surface area contributed by atoms with Crippen molar-refractivity contribution in [2.45, 2.75) is 19.8 Å². The van der Waals surface area contributed by atoms with Gasteiger partial charge in [0.05, 0.1) is 11.9 Å². The fourth-order valence-corrected chi connectivity index (χ4v) is 3.13. The van der Waals surface area contributed by atoms with Crippen molar-refractivity contribution in [3.8, 4) is 0 Å². The Morgan fingerprint density at radius 2 is 2.24 bits per heavy atom. The van der Waals surface area contributed by atoms with E-state index in [2.05, 4.69) is 27.3 Å². The molecule has 0 aromatic carbocycles. The van der Waals surface area contributed by atoms with E-state index in [-0.39, 0.29) is 0 Å². The van der Waals surface area contributed by atoms with Gasteiger partial charge >= 0.3 is 0 Å². The molecular formula is C14H21N3. The Morgan fingerprint density at radius 1 is 1.29 bits per heavy atom. The Morgan fingerprint density at radius 3 is 3.06 bits per heavy atom. The highest BCUT2D eigenvalue weighted by Gasteiger charge is 2.31. The van der Waals surface area contributed by atoms with Crippen LogP contribution in [0.3, 0.4) is 0 Å². The van der Waals surface area contributed by atoms with Gasteiger partial charge in [-0.1, -0.05) is 0 Å². The van der Waals surface area contributed by atoms with E-state index >= 15 is 0 Å². The topological polar surface area (TPSA) is 28.2 Å². The van der Waals surface area contributed by atoms with Crippen molar-refractivity contribution in [3.05, 3.63) is 24.0 Å². The van der Waals surface area contributed by atoms with Crippen LogP contribution in [0.4, 0.5) is 5.69 Å². The summed E-state index contributed by atoms with van der Waals surface area (Å²) in [5.74, 6) is 1.78. The highest BCUT2D eigenvalue weighted by atomic mass is 15.1. The largest absolute Gasteiger partial charge is 0.370 e. The van der Waals surface area contributed by atoms with Crippen molar-refractivity contribution < 1.29 is 0 Å². The second-order valence-corrected chi connectivity index (χ2v) is 5.41. The lowest BCUT2D eigenvalue weighted by Crippen LogP contribution is -2.48. The number of aryl methyl sites for hydroxylation is 1. The molecule has 2 atom stereocenters. The zero-order chi connectivity index (χ0) is 11.7. The van der Waals surface area contributed by atoms with Gasteiger partial charge in [0.2, 0.25) is 0 Å². The van der Waals surface area contributed by atoms with Crippen molar-refractivity contribution in [1.82, 2.24) is 10.3 Å². The van der Waals surface area contributed by atoms with E-state index in [1.165, 1.54) is 44.7 Å². The van der Waals surface area contributed by atoms with Crippen LogP contribution in [0.25, 0.3) is 0 Å². The zero-order valence-electron chi connectivity index (χ0n) is 10.5. The summed E-state index contributed by atoms with van der Waals surface area (Å²) in [6.45, 7) is 6.87. The molecule has 92 valence electrons. The highest BCUT2D eigenvalue weighted by Crippen LogP contribution is 2.30. The molecule has 0 bridgehead atoms. The summed E-state index contributed by atoms with van der Waals surface area (Å²) in [4.78, 5) is 6.92. The first-order valence-corrected chi connectivity index (χ1v) is 6.71. The van der Waals surface area contributed by atoms with Gasteiger partial charge in [0, 0.05) is 18.8 Å². The molecule has 3 heteroatoms. The van der Waals surface area contributed by atoms with Crippen molar-refractivity contribution in [2.75, 3.05) is 31.1 Å². The van der Waals surface area contributed by atoms with E-state index in [0.717, 1.165) is 17.5 Å². The lowest BCUT2D eigenvalue weighted by molar-refractivity contribution is 0.218. The second-order valence-electron chi connectivity index (χ2n) is 5.41. The van der Waals surface area contributed by atoms with Crippen LogP contribution < -0.4 is 10.2 Å². The van der Waals surface area contributed by atoms with Gasteiger partial charge in [0.1, 0.15) is 0 Å². The lowest BCUT2D eigenvalue weighted by Gasteiger charge is -2.42. The van der Waals surface area contributed by atoms with E-state index in [9.17, 15) is 0 Å². The first-order chi connectivity index (χ1) is 8.33. The number of hydrogen-bond donors (Lipinski definition) is 1. The second kappa shape index (κ2) is 4.65. The summed E-state index contributed by atoms with van der Waals surface area (Å²) < 4.78 is 0. The summed E-state index contributed by atoms with van der Waals surface area (Å²) in [6.07, 6.45) is 4.68. The molecule has 2 fully saturated rings. The number of nitrogens with one attached hydrogen (secondary N) is 1. The van der Waals surface area contributed by atoms with Gasteiger partial charge in [-0.25, -0.2) is 0 Å². The summed E-state index contributed by atoms with van der Waals surface area (Å²) >= 11 is 0. The van der Waals surface area contributed by atoms with E-state index < -0.39 is 0 Å². The number of pyridine rings is 1. The third kappa shape index (κ3) is 2.29. The molecule has 17 heavy (non-hydrogen) atoms. The quantitative estimate of drug-likeness (QED) is 0.799. The molecule has 1 aromatic rings. The third-order valence-electron chi connectivity index (χ3n) is 4.25. The molecule has 1 aromatic heterocycles. The van der Waals surface area contributed by atoms with Crippen LogP contribution in [0.1, 0.15) is 18.5 Å². The molecule has 2 aliphatic heterocycles. The molecule has 3 heterocycles. The number of hydrogen-bond acceptors (Lipinski definition) is 3. The Hall–Kier alpha value is -1.09. The monoisotopic (exact) mass is 231 g/mol. The first kappa shape index (κ1) is 11.0. The molecule has 0 radical (unpaired) electrons. The molecule has 3 rings (SSSR count). The molecular weight excluding hydrogens is 210 g/mol. The highest BCUT2D eigenvalue weighted by molar-refractivity contribution is 5.45. The Bertz CT molecular complexity index is 374. The molecule has 0 spiro atoms. The number of rotatable bonds is 1. The van der Waals surface area contributed by atoms with Crippen LogP contribution in [0.2, 0.25) is 0 Å². The van der Waals surface area contributed by atoms with Crippen molar-refractivity contribution in [3.63, 3.8) is 0 Å². The van der Waals surface area contributed by atoms with Gasteiger partial charge in [0.15, 0.2) is 0 Å². The fraction of sp³-hybridized carbons (Fsp3) is 0.643. The van der Waals surface area contributed by atoms with Crippen molar-refractivity contribution >= 4 is 5.69 Å². The standard InChI is InChI=1S/C14H21N3/c1-11-2-3-14(9-16-11)17-7-5-12-8-15-6-4-13(12)10-17/h2-3,9,12-13,15H,4-8,10H2,1H3/t12-,13-/m0/s1. The average Bonchev–Trinajstić information content (AvgIpc) is 2.39. The summed E-state index contributed by atoms with van der Waals surface area (Å²) in [6, 6.07) is 4.33. The van der Waals surface area contributed by atoms with Crippen LogP contribution in [0.15, 0.2) is 18.3 Å². The SMILES string of the molecule is Cc1ccc(N2CC[C@H]3CNCC[C@H]3C2)cn1. The third-order valence-corrected chi connectivity index (χ3v) is 4.25. The fourth-order valence-electron chi connectivity index (χ4n) is 3.13. The van der Waals surface area contributed by atoms with Gasteiger partial charge < -0.3 is 10.2 Å². The van der Waals surface area contributed by atoms with Crippen LogP contribution in [0, 0.1) is 18.8 Å². The maximum absolute atomic E-state index is 4.40. The lowest BCUT2D eigenvalue weighted by atomic mass is 9.81. The van der Waals surface area contributed by atoms with E-state index in [1.807, 2.05) is 13.1 Å². The van der Waals surface area contributed by atoms with Crippen molar-refractivity contribution in [1.29, 1.82) is 0 Å². The summed E-state index contributed by atoms with van der Waals surface area (Å²) in [5.41, 5.74) is 2.40. The van der Waals surface area contributed by atoms with E-state index in [1.54, 1.807) is 0 Å². The molecule has 1 N–H and O–H groups in total. The predicted octanol–water partition coefficient (Wildman–Crippen LogP) is 1.83. The normalized spacial score (nSPS) is 28.9.